The number of carbonyl (C=O) groups excluding carboxylic acids is 1. The fourth-order valence-corrected chi connectivity index (χ4v) is 4.63. The van der Waals surface area contributed by atoms with Crippen LogP contribution in [0.2, 0.25) is 0 Å². The summed E-state index contributed by atoms with van der Waals surface area (Å²) in [5.41, 5.74) is 3.46. The fraction of sp³-hybridized carbons (Fsp3) is 0.381. The van der Waals surface area contributed by atoms with Crippen LogP contribution in [0.25, 0.3) is 0 Å². The minimum Gasteiger partial charge on any atom is -0.379 e. The first kappa shape index (κ1) is 20.5. The summed E-state index contributed by atoms with van der Waals surface area (Å²) >= 11 is 0. The Kier molecular flexibility index (Phi) is 6.49. The SMILES string of the molecule is Cc1ccc(CN(C)C(=O)c2ccc(CS(=O)(=O)N3CCOCC3)cc2)cc1. The minimum absolute atomic E-state index is 0.0688. The largest absolute Gasteiger partial charge is 0.379 e. The number of carbonyl (C=O) groups is 1. The van der Waals surface area contributed by atoms with Gasteiger partial charge in [-0.3, -0.25) is 4.79 Å². The van der Waals surface area contributed by atoms with Crippen LogP contribution >= 0.6 is 0 Å². The molecule has 1 aliphatic heterocycles. The first-order chi connectivity index (χ1) is 13.3. The van der Waals surface area contributed by atoms with Crippen LogP contribution in [-0.2, 0) is 27.1 Å². The zero-order valence-electron chi connectivity index (χ0n) is 16.3. The molecule has 150 valence electrons. The summed E-state index contributed by atoms with van der Waals surface area (Å²) in [6, 6.07) is 14.9. The Labute approximate surface area is 166 Å². The van der Waals surface area contributed by atoms with E-state index < -0.39 is 10.0 Å². The number of sulfonamides is 1. The maximum Gasteiger partial charge on any atom is 0.253 e. The Morgan fingerprint density at radius 3 is 2.18 bits per heavy atom. The molecule has 7 heteroatoms. The van der Waals surface area contributed by atoms with Gasteiger partial charge < -0.3 is 9.64 Å². The van der Waals surface area contributed by atoms with Gasteiger partial charge in [0.05, 0.1) is 19.0 Å². The summed E-state index contributed by atoms with van der Waals surface area (Å²) in [7, 11) is -1.61. The maximum absolute atomic E-state index is 12.6. The van der Waals surface area contributed by atoms with Crippen molar-refractivity contribution in [3.05, 3.63) is 70.8 Å². The first-order valence-corrected chi connectivity index (χ1v) is 10.9. The summed E-state index contributed by atoms with van der Waals surface area (Å²) in [5.74, 6) is -0.163. The van der Waals surface area contributed by atoms with Gasteiger partial charge in [0.25, 0.3) is 5.91 Å². The summed E-state index contributed by atoms with van der Waals surface area (Å²) in [6.45, 7) is 4.19. The lowest BCUT2D eigenvalue weighted by atomic mass is 10.1. The number of morpholine rings is 1. The molecule has 0 bridgehead atoms. The van der Waals surface area contributed by atoms with Gasteiger partial charge >= 0.3 is 0 Å². The molecule has 6 nitrogen and oxygen atoms in total. The molecule has 0 atom stereocenters. The first-order valence-electron chi connectivity index (χ1n) is 9.31. The number of hydrogen-bond donors (Lipinski definition) is 0. The van der Waals surface area contributed by atoms with E-state index >= 15 is 0 Å². The molecule has 0 unspecified atom stereocenters. The third-order valence-corrected chi connectivity index (χ3v) is 6.65. The van der Waals surface area contributed by atoms with E-state index in [4.69, 9.17) is 4.74 Å². The lowest BCUT2D eigenvalue weighted by Gasteiger charge is -2.26. The molecular weight excluding hydrogens is 376 g/mol. The topological polar surface area (TPSA) is 66.9 Å². The zero-order valence-corrected chi connectivity index (χ0v) is 17.1. The third kappa shape index (κ3) is 5.19. The lowest BCUT2D eigenvalue weighted by molar-refractivity contribution is 0.0729. The molecular formula is C21H26N2O4S. The average Bonchev–Trinajstić information content (AvgIpc) is 2.70. The van der Waals surface area contributed by atoms with Gasteiger partial charge in [-0.15, -0.1) is 0 Å². The van der Waals surface area contributed by atoms with Crippen molar-refractivity contribution in [3.63, 3.8) is 0 Å². The van der Waals surface area contributed by atoms with Gasteiger partial charge in [0.1, 0.15) is 0 Å². The van der Waals surface area contributed by atoms with Gasteiger partial charge in [-0.25, -0.2) is 8.42 Å². The van der Waals surface area contributed by atoms with Crippen LogP contribution in [-0.4, -0.2) is 56.9 Å². The summed E-state index contributed by atoms with van der Waals surface area (Å²) in [5, 5.41) is 0. The van der Waals surface area contributed by atoms with Crippen molar-refractivity contribution in [1.82, 2.24) is 9.21 Å². The molecule has 0 saturated carbocycles. The van der Waals surface area contributed by atoms with E-state index in [0.29, 0.717) is 44.0 Å². The van der Waals surface area contributed by atoms with Crippen molar-refractivity contribution >= 4 is 15.9 Å². The van der Waals surface area contributed by atoms with Crippen LogP contribution in [0.1, 0.15) is 27.0 Å². The monoisotopic (exact) mass is 402 g/mol. The second-order valence-electron chi connectivity index (χ2n) is 7.11. The molecule has 1 amide bonds. The van der Waals surface area contributed by atoms with Crippen molar-refractivity contribution < 1.29 is 17.9 Å². The Balaban J connectivity index is 1.62. The average molecular weight is 403 g/mol. The predicted molar refractivity (Wildman–Crippen MR) is 108 cm³/mol. The molecule has 1 heterocycles. The molecule has 2 aromatic carbocycles. The van der Waals surface area contributed by atoms with E-state index in [1.165, 1.54) is 9.87 Å². The van der Waals surface area contributed by atoms with Crippen molar-refractivity contribution in [2.24, 2.45) is 0 Å². The van der Waals surface area contributed by atoms with Crippen molar-refractivity contribution in [2.75, 3.05) is 33.4 Å². The zero-order chi connectivity index (χ0) is 20.1. The molecule has 28 heavy (non-hydrogen) atoms. The predicted octanol–water partition coefficient (Wildman–Crippen LogP) is 2.43. The standard InChI is InChI=1S/C21H26N2O4S/c1-17-3-5-18(6-4-17)15-22(2)21(24)20-9-7-19(8-10-20)16-28(25,26)23-11-13-27-14-12-23/h3-10H,11-16H2,1-2H3. The van der Waals surface area contributed by atoms with E-state index in [1.54, 1.807) is 36.2 Å². The van der Waals surface area contributed by atoms with Gasteiger partial charge in [0, 0.05) is 32.2 Å². The fourth-order valence-electron chi connectivity index (χ4n) is 3.13. The minimum atomic E-state index is -3.37. The van der Waals surface area contributed by atoms with Crippen LogP contribution in [0.5, 0.6) is 0 Å². The highest BCUT2D eigenvalue weighted by atomic mass is 32.2. The molecule has 0 spiro atoms. The summed E-state index contributed by atoms with van der Waals surface area (Å²) in [6.07, 6.45) is 0. The molecule has 0 N–H and O–H groups in total. The van der Waals surface area contributed by atoms with Gasteiger partial charge in [-0.05, 0) is 30.2 Å². The maximum atomic E-state index is 12.6. The molecule has 2 aromatic rings. The number of amides is 1. The van der Waals surface area contributed by atoms with Gasteiger partial charge in [0.2, 0.25) is 10.0 Å². The normalized spacial score (nSPS) is 15.4. The summed E-state index contributed by atoms with van der Waals surface area (Å²) < 4.78 is 31.7. The smallest absolute Gasteiger partial charge is 0.253 e. The van der Waals surface area contributed by atoms with Crippen LogP contribution in [0.4, 0.5) is 0 Å². The molecule has 0 aliphatic carbocycles. The molecule has 0 radical (unpaired) electrons. The number of nitrogens with zero attached hydrogens (tertiary/aromatic N) is 2. The van der Waals surface area contributed by atoms with Gasteiger partial charge in [0.15, 0.2) is 0 Å². The molecule has 1 fully saturated rings. The Bertz CT molecular complexity index is 902. The number of rotatable bonds is 6. The second kappa shape index (κ2) is 8.86. The van der Waals surface area contributed by atoms with Crippen LogP contribution < -0.4 is 0 Å². The van der Waals surface area contributed by atoms with E-state index in [9.17, 15) is 13.2 Å². The number of ether oxygens (including phenoxy) is 1. The number of benzene rings is 2. The molecule has 1 aliphatic rings. The lowest BCUT2D eigenvalue weighted by Crippen LogP contribution is -2.41. The van der Waals surface area contributed by atoms with E-state index in [1.807, 2.05) is 31.2 Å². The van der Waals surface area contributed by atoms with E-state index in [-0.39, 0.29) is 11.7 Å². The van der Waals surface area contributed by atoms with Crippen molar-refractivity contribution in [1.29, 1.82) is 0 Å². The molecule has 1 saturated heterocycles. The quantitative estimate of drug-likeness (QED) is 0.744. The molecule has 0 aromatic heterocycles. The van der Waals surface area contributed by atoms with Crippen molar-refractivity contribution in [2.45, 2.75) is 19.2 Å². The van der Waals surface area contributed by atoms with Crippen LogP contribution in [0.15, 0.2) is 48.5 Å². The third-order valence-electron chi connectivity index (χ3n) is 4.80. The van der Waals surface area contributed by atoms with Crippen LogP contribution in [0, 0.1) is 6.92 Å². The van der Waals surface area contributed by atoms with E-state index in [0.717, 1.165) is 5.56 Å². The molecule has 3 rings (SSSR count). The highest BCUT2D eigenvalue weighted by Crippen LogP contribution is 2.15. The number of hydrogen-bond acceptors (Lipinski definition) is 4. The highest BCUT2D eigenvalue weighted by Gasteiger charge is 2.24. The Morgan fingerprint density at radius 1 is 1.00 bits per heavy atom. The van der Waals surface area contributed by atoms with Gasteiger partial charge in [-0.2, -0.15) is 4.31 Å². The number of aryl methyl sites for hydroxylation is 1. The Hall–Kier alpha value is -2.22. The second-order valence-corrected chi connectivity index (χ2v) is 9.08. The van der Waals surface area contributed by atoms with Crippen molar-refractivity contribution in [3.8, 4) is 0 Å². The highest BCUT2D eigenvalue weighted by molar-refractivity contribution is 7.88. The van der Waals surface area contributed by atoms with E-state index in [2.05, 4.69) is 0 Å². The Morgan fingerprint density at radius 2 is 1.57 bits per heavy atom. The summed E-state index contributed by atoms with van der Waals surface area (Å²) in [4.78, 5) is 14.3. The van der Waals surface area contributed by atoms with Crippen LogP contribution in [0.3, 0.4) is 0 Å². The van der Waals surface area contributed by atoms with Gasteiger partial charge in [-0.1, -0.05) is 42.0 Å².